The molecule has 8 heteroatoms. The van der Waals surface area contributed by atoms with Gasteiger partial charge >= 0.3 is 0 Å². The number of nitrogens with one attached hydrogen (secondary N) is 2. The molecule has 26 heavy (non-hydrogen) atoms. The SMILES string of the molecule is CCOc1ccc(NC(=O)CNC(=O)COc2ccc(Cl)cc2Cl)cc1. The molecule has 2 amide bonds. The first kappa shape index (κ1) is 19.9. The van der Waals surface area contributed by atoms with E-state index in [1.807, 2.05) is 6.92 Å². The van der Waals surface area contributed by atoms with Crippen LogP contribution in [0.3, 0.4) is 0 Å². The summed E-state index contributed by atoms with van der Waals surface area (Å²) in [6, 6.07) is 11.6. The Balaban J connectivity index is 1.73. The standard InChI is InChI=1S/C18H18Cl2N2O4/c1-2-25-14-6-4-13(5-7-14)22-17(23)10-21-18(24)11-26-16-8-3-12(19)9-15(16)20/h3-9H,2,10-11H2,1H3,(H,21,24)(H,22,23). The Morgan fingerprint density at radius 3 is 2.38 bits per heavy atom. The van der Waals surface area contributed by atoms with Crippen LogP contribution in [0.15, 0.2) is 42.5 Å². The van der Waals surface area contributed by atoms with Crippen molar-refractivity contribution in [3.05, 3.63) is 52.5 Å². The summed E-state index contributed by atoms with van der Waals surface area (Å²) in [5, 5.41) is 5.91. The number of halogens is 2. The lowest BCUT2D eigenvalue weighted by Gasteiger charge is -2.10. The highest BCUT2D eigenvalue weighted by atomic mass is 35.5. The third-order valence-corrected chi connectivity index (χ3v) is 3.68. The van der Waals surface area contributed by atoms with Crippen molar-refractivity contribution in [2.75, 3.05) is 25.1 Å². The van der Waals surface area contributed by atoms with E-state index in [9.17, 15) is 9.59 Å². The Morgan fingerprint density at radius 1 is 1.00 bits per heavy atom. The highest BCUT2D eigenvalue weighted by Gasteiger charge is 2.09. The van der Waals surface area contributed by atoms with E-state index in [1.165, 1.54) is 6.07 Å². The Labute approximate surface area is 161 Å². The van der Waals surface area contributed by atoms with Gasteiger partial charge in [0, 0.05) is 10.7 Å². The van der Waals surface area contributed by atoms with Crippen LogP contribution in [-0.4, -0.2) is 31.6 Å². The molecule has 6 nitrogen and oxygen atoms in total. The molecule has 0 heterocycles. The fourth-order valence-corrected chi connectivity index (χ4v) is 2.43. The molecule has 0 aliphatic heterocycles. The second-order valence-corrected chi connectivity index (χ2v) is 5.99. The normalized spacial score (nSPS) is 10.1. The molecular formula is C18H18Cl2N2O4. The molecule has 0 saturated carbocycles. The van der Waals surface area contributed by atoms with Crippen molar-refractivity contribution in [2.45, 2.75) is 6.92 Å². The smallest absolute Gasteiger partial charge is 0.258 e. The van der Waals surface area contributed by atoms with Crippen molar-refractivity contribution in [3.8, 4) is 11.5 Å². The molecule has 2 aromatic rings. The molecule has 0 saturated heterocycles. The first-order valence-electron chi connectivity index (χ1n) is 7.85. The van der Waals surface area contributed by atoms with Crippen LogP contribution in [0.2, 0.25) is 10.0 Å². The maximum Gasteiger partial charge on any atom is 0.258 e. The summed E-state index contributed by atoms with van der Waals surface area (Å²) in [6.45, 7) is 2.02. The largest absolute Gasteiger partial charge is 0.494 e. The minimum absolute atomic E-state index is 0.177. The third-order valence-electron chi connectivity index (χ3n) is 3.15. The van der Waals surface area contributed by atoms with E-state index < -0.39 is 5.91 Å². The average molecular weight is 397 g/mol. The first-order chi connectivity index (χ1) is 12.5. The molecule has 0 fully saturated rings. The quantitative estimate of drug-likeness (QED) is 0.715. The summed E-state index contributed by atoms with van der Waals surface area (Å²) in [4.78, 5) is 23.6. The van der Waals surface area contributed by atoms with E-state index in [0.29, 0.717) is 28.1 Å². The molecule has 0 unspecified atom stereocenters. The van der Waals surface area contributed by atoms with Crippen molar-refractivity contribution in [2.24, 2.45) is 0 Å². The van der Waals surface area contributed by atoms with Crippen molar-refractivity contribution in [1.82, 2.24) is 5.32 Å². The number of rotatable bonds is 8. The Morgan fingerprint density at radius 2 is 1.73 bits per heavy atom. The van der Waals surface area contributed by atoms with E-state index in [4.69, 9.17) is 32.7 Å². The molecular weight excluding hydrogens is 379 g/mol. The van der Waals surface area contributed by atoms with Crippen LogP contribution in [0.5, 0.6) is 11.5 Å². The highest BCUT2D eigenvalue weighted by molar-refractivity contribution is 6.35. The zero-order valence-corrected chi connectivity index (χ0v) is 15.6. The second-order valence-electron chi connectivity index (χ2n) is 5.15. The number of hydrogen-bond acceptors (Lipinski definition) is 4. The molecule has 0 aliphatic carbocycles. The summed E-state index contributed by atoms with van der Waals surface area (Å²) < 4.78 is 10.6. The number of benzene rings is 2. The number of hydrogen-bond donors (Lipinski definition) is 2. The zero-order chi connectivity index (χ0) is 18.9. The van der Waals surface area contributed by atoms with Gasteiger partial charge in [-0.05, 0) is 49.4 Å². The van der Waals surface area contributed by atoms with Gasteiger partial charge in [0.2, 0.25) is 5.91 Å². The molecule has 0 spiro atoms. The third kappa shape index (κ3) is 6.46. The van der Waals surface area contributed by atoms with E-state index >= 15 is 0 Å². The molecule has 0 bridgehead atoms. The summed E-state index contributed by atoms with van der Waals surface area (Å²) >= 11 is 11.7. The summed E-state index contributed by atoms with van der Waals surface area (Å²) in [5.41, 5.74) is 0.608. The average Bonchev–Trinajstić information content (AvgIpc) is 2.61. The molecule has 2 aromatic carbocycles. The summed E-state index contributed by atoms with van der Waals surface area (Å²) in [5.74, 6) is 0.256. The first-order valence-corrected chi connectivity index (χ1v) is 8.60. The van der Waals surface area contributed by atoms with Crippen molar-refractivity contribution >= 4 is 40.7 Å². The monoisotopic (exact) mass is 396 g/mol. The van der Waals surface area contributed by atoms with Gasteiger partial charge in [-0.3, -0.25) is 9.59 Å². The summed E-state index contributed by atoms with van der Waals surface area (Å²) in [7, 11) is 0. The minimum Gasteiger partial charge on any atom is -0.494 e. The molecule has 0 aromatic heterocycles. The highest BCUT2D eigenvalue weighted by Crippen LogP contribution is 2.27. The molecule has 2 N–H and O–H groups in total. The van der Waals surface area contributed by atoms with Gasteiger partial charge in [0.1, 0.15) is 11.5 Å². The lowest BCUT2D eigenvalue weighted by Crippen LogP contribution is -2.35. The van der Waals surface area contributed by atoms with Gasteiger partial charge in [-0.15, -0.1) is 0 Å². The Bertz CT molecular complexity index is 766. The second kappa shape index (κ2) is 9.89. The number of carbonyl (C=O) groups excluding carboxylic acids is 2. The van der Waals surface area contributed by atoms with E-state index in [2.05, 4.69) is 10.6 Å². The van der Waals surface area contributed by atoms with Gasteiger partial charge < -0.3 is 20.1 Å². The predicted molar refractivity (Wildman–Crippen MR) is 101 cm³/mol. The lowest BCUT2D eigenvalue weighted by molar-refractivity contribution is -0.125. The molecule has 138 valence electrons. The van der Waals surface area contributed by atoms with Gasteiger partial charge in [0.25, 0.3) is 5.91 Å². The minimum atomic E-state index is -0.446. The van der Waals surface area contributed by atoms with Gasteiger partial charge in [-0.1, -0.05) is 23.2 Å². The van der Waals surface area contributed by atoms with Crippen molar-refractivity contribution < 1.29 is 19.1 Å². The maximum atomic E-state index is 11.9. The number of ether oxygens (including phenoxy) is 2. The number of anilines is 1. The van der Waals surface area contributed by atoms with E-state index in [0.717, 1.165) is 5.75 Å². The van der Waals surface area contributed by atoms with Gasteiger partial charge in [0.15, 0.2) is 6.61 Å². The lowest BCUT2D eigenvalue weighted by atomic mass is 10.3. The maximum absolute atomic E-state index is 11.9. The fourth-order valence-electron chi connectivity index (χ4n) is 1.97. The van der Waals surface area contributed by atoms with Gasteiger partial charge in [-0.2, -0.15) is 0 Å². The van der Waals surface area contributed by atoms with Crippen LogP contribution in [0, 0.1) is 0 Å². The van der Waals surface area contributed by atoms with Gasteiger partial charge in [0.05, 0.1) is 18.2 Å². The molecule has 0 radical (unpaired) electrons. The predicted octanol–water partition coefficient (Wildman–Crippen LogP) is 3.53. The van der Waals surface area contributed by atoms with Gasteiger partial charge in [-0.25, -0.2) is 0 Å². The summed E-state index contributed by atoms with van der Waals surface area (Å²) in [6.07, 6.45) is 0. The van der Waals surface area contributed by atoms with Crippen LogP contribution in [0.4, 0.5) is 5.69 Å². The van der Waals surface area contributed by atoms with E-state index in [-0.39, 0.29) is 19.1 Å². The van der Waals surface area contributed by atoms with Crippen LogP contribution in [-0.2, 0) is 9.59 Å². The number of carbonyl (C=O) groups is 2. The van der Waals surface area contributed by atoms with E-state index in [1.54, 1.807) is 36.4 Å². The molecule has 2 rings (SSSR count). The Kier molecular flexibility index (Phi) is 7.56. The van der Waals surface area contributed by atoms with Crippen LogP contribution < -0.4 is 20.1 Å². The number of amides is 2. The zero-order valence-electron chi connectivity index (χ0n) is 14.1. The fraction of sp³-hybridized carbons (Fsp3) is 0.222. The van der Waals surface area contributed by atoms with Crippen LogP contribution >= 0.6 is 23.2 Å². The molecule has 0 atom stereocenters. The van der Waals surface area contributed by atoms with Crippen molar-refractivity contribution in [3.63, 3.8) is 0 Å². The molecule has 0 aliphatic rings. The van der Waals surface area contributed by atoms with Crippen LogP contribution in [0.1, 0.15) is 6.92 Å². The topological polar surface area (TPSA) is 76.7 Å². The Hall–Kier alpha value is -2.44. The van der Waals surface area contributed by atoms with Crippen LogP contribution in [0.25, 0.3) is 0 Å². The van der Waals surface area contributed by atoms with Crippen molar-refractivity contribution in [1.29, 1.82) is 0 Å².